The molecule has 0 aromatic heterocycles. The Kier molecular flexibility index (Phi) is 7.26. The average Bonchev–Trinajstić information content (AvgIpc) is 2.42. The van der Waals surface area contributed by atoms with E-state index in [1.807, 2.05) is 13.8 Å². The predicted octanol–water partition coefficient (Wildman–Crippen LogP) is 0.297. The first-order valence-corrected chi connectivity index (χ1v) is 7.34. The van der Waals surface area contributed by atoms with Gasteiger partial charge in [0.05, 0.1) is 24.9 Å². The van der Waals surface area contributed by atoms with E-state index < -0.39 is 0 Å². The van der Waals surface area contributed by atoms with E-state index in [9.17, 15) is 0 Å². The van der Waals surface area contributed by atoms with Crippen LogP contribution in [-0.2, 0) is 9.47 Å². The van der Waals surface area contributed by atoms with Gasteiger partial charge in [0.2, 0.25) is 0 Å². The van der Waals surface area contributed by atoms with E-state index in [1.165, 1.54) is 0 Å². The zero-order valence-electron chi connectivity index (χ0n) is 13.5. The number of methoxy groups -OCH3 is 1. The van der Waals surface area contributed by atoms with Crippen molar-refractivity contribution in [3.05, 3.63) is 0 Å². The van der Waals surface area contributed by atoms with Crippen LogP contribution in [0.3, 0.4) is 0 Å². The number of nitrogens with one attached hydrogen (secondary N) is 2. The van der Waals surface area contributed by atoms with Crippen molar-refractivity contribution < 1.29 is 9.47 Å². The van der Waals surface area contributed by atoms with E-state index in [1.54, 1.807) is 7.11 Å². The third-order valence-electron chi connectivity index (χ3n) is 3.35. The normalized spacial score (nSPS) is 21.9. The Labute approximate surface area is 122 Å². The van der Waals surface area contributed by atoms with Crippen molar-refractivity contribution >= 4 is 5.96 Å². The maximum absolute atomic E-state index is 5.73. The van der Waals surface area contributed by atoms with Gasteiger partial charge in [-0.25, -0.2) is 0 Å². The van der Waals surface area contributed by atoms with Crippen LogP contribution in [0.1, 0.15) is 20.8 Å². The van der Waals surface area contributed by atoms with Gasteiger partial charge in [0.15, 0.2) is 5.96 Å². The Morgan fingerprint density at radius 1 is 1.45 bits per heavy atom. The summed E-state index contributed by atoms with van der Waals surface area (Å²) in [5.74, 6) is 0.814. The van der Waals surface area contributed by atoms with E-state index in [-0.39, 0.29) is 11.7 Å². The number of nitrogens with zero attached hydrogens (tertiary/aromatic N) is 2. The summed E-state index contributed by atoms with van der Waals surface area (Å²) in [6, 6.07) is 0. The number of likely N-dealkylation sites (N-methyl/N-ethyl adjacent to an activating group) is 1. The molecule has 0 bridgehead atoms. The van der Waals surface area contributed by atoms with Gasteiger partial charge in [0.1, 0.15) is 0 Å². The fourth-order valence-corrected chi connectivity index (χ4v) is 1.88. The molecule has 20 heavy (non-hydrogen) atoms. The molecule has 1 heterocycles. The number of guanidine groups is 1. The van der Waals surface area contributed by atoms with E-state index >= 15 is 0 Å². The summed E-state index contributed by atoms with van der Waals surface area (Å²) < 4.78 is 11.1. The zero-order chi connectivity index (χ0) is 15.0. The number of aliphatic imine (C=N–C) groups is 1. The molecule has 0 spiro atoms. The lowest BCUT2D eigenvalue weighted by atomic mass is 10.1. The van der Waals surface area contributed by atoms with E-state index in [0.29, 0.717) is 6.54 Å². The van der Waals surface area contributed by atoms with Crippen LogP contribution in [0.2, 0.25) is 0 Å². The van der Waals surface area contributed by atoms with Gasteiger partial charge in [-0.2, -0.15) is 0 Å². The number of hydrogen-bond donors (Lipinski definition) is 2. The van der Waals surface area contributed by atoms with E-state index in [4.69, 9.17) is 9.47 Å². The second kappa shape index (κ2) is 8.44. The molecule has 1 atom stereocenters. The summed E-state index contributed by atoms with van der Waals surface area (Å²) in [6.45, 7) is 11.1. The minimum absolute atomic E-state index is 0.216. The first kappa shape index (κ1) is 17.2. The maximum Gasteiger partial charge on any atom is 0.191 e. The van der Waals surface area contributed by atoms with Gasteiger partial charge >= 0.3 is 0 Å². The lowest BCUT2D eigenvalue weighted by Crippen LogP contribution is -2.48. The summed E-state index contributed by atoms with van der Waals surface area (Å²) >= 11 is 0. The van der Waals surface area contributed by atoms with Gasteiger partial charge < -0.3 is 25.0 Å². The second-order valence-electron chi connectivity index (χ2n) is 5.79. The fraction of sp³-hybridized carbons (Fsp3) is 0.929. The predicted molar refractivity (Wildman–Crippen MR) is 82.3 cm³/mol. The van der Waals surface area contributed by atoms with Crippen LogP contribution in [0, 0.1) is 0 Å². The first-order valence-electron chi connectivity index (χ1n) is 7.34. The number of ether oxygens (including phenoxy) is 2. The molecule has 118 valence electrons. The van der Waals surface area contributed by atoms with Crippen LogP contribution in [-0.4, -0.2) is 76.1 Å². The van der Waals surface area contributed by atoms with Crippen molar-refractivity contribution in [2.24, 2.45) is 4.99 Å². The molecule has 6 nitrogen and oxygen atoms in total. The average molecular weight is 286 g/mol. The third-order valence-corrected chi connectivity index (χ3v) is 3.35. The maximum atomic E-state index is 5.73. The topological polar surface area (TPSA) is 58.1 Å². The molecule has 1 unspecified atom stereocenters. The summed E-state index contributed by atoms with van der Waals surface area (Å²) in [5.41, 5.74) is -0.246. The zero-order valence-corrected chi connectivity index (χ0v) is 13.5. The lowest BCUT2D eigenvalue weighted by molar-refractivity contribution is -0.0161. The van der Waals surface area contributed by atoms with Crippen molar-refractivity contribution in [2.75, 3.05) is 53.5 Å². The number of hydrogen-bond acceptors (Lipinski definition) is 4. The summed E-state index contributed by atoms with van der Waals surface area (Å²) in [7, 11) is 3.83. The fourth-order valence-electron chi connectivity index (χ4n) is 1.88. The Balaban J connectivity index is 2.43. The van der Waals surface area contributed by atoms with Crippen LogP contribution in [0.4, 0.5) is 0 Å². The minimum atomic E-state index is -0.246. The second-order valence-corrected chi connectivity index (χ2v) is 5.79. The third kappa shape index (κ3) is 6.54. The highest BCUT2D eigenvalue weighted by atomic mass is 16.5. The Morgan fingerprint density at radius 3 is 2.80 bits per heavy atom. The Morgan fingerprint density at radius 2 is 2.20 bits per heavy atom. The van der Waals surface area contributed by atoms with Crippen molar-refractivity contribution in [1.82, 2.24) is 15.5 Å². The molecule has 0 aromatic rings. The molecule has 1 rings (SSSR count). The molecule has 0 saturated carbocycles. The largest absolute Gasteiger partial charge is 0.377 e. The number of rotatable bonds is 6. The molecule has 0 amide bonds. The van der Waals surface area contributed by atoms with Gasteiger partial charge in [0, 0.05) is 33.3 Å². The smallest absolute Gasteiger partial charge is 0.191 e. The number of morpholine rings is 1. The molecular formula is C14H30N4O2. The molecule has 0 radical (unpaired) electrons. The minimum Gasteiger partial charge on any atom is -0.377 e. The molecule has 2 N–H and O–H groups in total. The molecular weight excluding hydrogens is 256 g/mol. The molecule has 1 aliphatic rings. The van der Waals surface area contributed by atoms with Gasteiger partial charge in [-0.15, -0.1) is 0 Å². The van der Waals surface area contributed by atoms with Crippen molar-refractivity contribution in [1.29, 1.82) is 0 Å². The molecule has 0 aromatic carbocycles. The molecule has 1 fully saturated rings. The summed E-state index contributed by atoms with van der Waals surface area (Å²) in [4.78, 5) is 6.85. The summed E-state index contributed by atoms with van der Waals surface area (Å²) in [5, 5.41) is 6.58. The molecule has 6 heteroatoms. The highest BCUT2D eigenvalue weighted by molar-refractivity contribution is 5.79. The van der Waals surface area contributed by atoms with E-state index in [0.717, 1.165) is 38.7 Å². The van der Waals surface area contributed by atoms with Crippen LogP contribution >= 0.6 is 0 Å². The summed E-state index contributed by atoms with van der Waals surface area (Å²) in [6.07, 6.45) is 0.216. The first-order chi connectivity index (χ1) is 9.46. The Hall–Kier alpha value is -0.850. The van der Waals surface area contributed by atoms with Crippen LogP contribution in [0.15, 0.2) is 4.99 Å². The molecule has 1 aliphatic heterocycles. The van der Waals surface area contributed by atoms with Gasteiger partial charge in [-0.3, -0.25) is 4.99 Å². The van der Waals surface area contributed by atoms with Crippen LogP contribution < -0.4 is 10.6 Å². The van der Waals surface area contributed by atoms with Crippen LogP contribution in [0.5, 0.6) is 0 Å². The van der Waals surface area contributed by atoms with Crippen LogP contribution in [0.25, 0.3) is 0 Å². The highest BCUT2D eigenvalue weighted by Gasteiger charge is 2.19. The van der Waals surface area contributed by atoms with E-state index in [2.05, 4.69) is 34.5 Å². The van der Waals surface area contributed by atoms with Crippen molar-refractivity contribution in [3.8, 4) is 0 Å². The quantitative estimate of drug-likeness (QED) is 0.543. The SMILES string of the molecule is CCNC(=NCC(C)(C)OC)NCC1CN(C)CCO1. The molecule has 1 saturated heterocycles. The molecule has 0 aliphatic carbocycles. The van der Waals surface area contributed by atoms with Crippen molar-refractivity contribution in [2.45, 2.75) is 32.5 Å². The highest BCUT2D eigenvalue weighted by Crippen LogP contribution is 2.07. The van der Waals surface area contributed by atoms with Gasteiger partial charge in [0.25, 0.3) is 0 Å². The standard InChI is InChI=1S/C14H30N4O2/c1-6-15-13(17-11-14(2,3)19-5)16-9-12-10-18(4)7-8-20-12/h12H,6-11H2,1-5H3,(H2,15,16,17). The lowest BCUT2D eigenvalue weighted by Gasteiger charge is -2.30. The van der Waals surface area contributed by atoms with Gasteiger partial charge in [-0.1, -0.05) is 0 Å². The van der Waals surface area contributed by atoms with Crippen molar-refractivity contribution in [3.63, 3.8) is 0 Å². The van der Waals surface area contributed by atoms with Gasteiger partial charge in [-0.05, 0) is 27.8 Å². The monoisotopic (exact) mass is 286 g/mol. The Bertz CT molecular complexity index is 308.